The smallest absolute Gasteiger partial charge is 0.158 e. The van der Waals surface area contributed by atoms with Gasteiger partial charge < -0.3 is 9.80 Å². The lowest BCUT2D eigenvalue weighted by Crippen LogP contribution is -2.44. The number of hydrogen-bond donors (Lipinski definition) is 1. The van der Waals surface area contributed by atoms with E-state index in [0.29, 0.717) is 0 Å². The molecule has 0 radical (unpaired) electrons. The summed E-state index contributed by atoms with van der Waals surface area (Å²) in [7, 11) is 2.18. The van der Waals surface area contributed by atoms with Crippen molar-refractivity contribution in [3.63, 3.8) is 0 Å². The molecule has 0 spiro atoms. The molecule has 0 bridgehead atoms. The lowest BCUT2D eigenvalue weighted by Gasteiger charge is -2.32. The number of hydrogen-bond acceptors (Lipinski definition) is 3. The topological polar surface area (TPSA) is 35.2 Å². The zero-order valence-electron chi connectivity index (χ0n) is 11.1. The molecule has 1 saturated heterocycles. The van der Waals surface area contributed by atoms with Gasteiger partial charge in [0.15, 0.2) is 5.82 Å². The standard InChI is InChI=1S/C14H20N4/c1-3-11-4-5-13-12(10-11)14(16-15-13)18-8-6-17(2)7-9-18/h4-5,10H,3,6-9H2,1-2H3,(H,15,16). The summed E-state index contributed by atoms with van der Waals surface area (Å²) in [6.45, 7) is 6.54. The molecule has 1 aliphatic rings. The van der Waals surface area contributed by atoms with Crippen LogP contribution >= 0.6 is 0 Å². The minimum absolute atomic E-state index is 1.06. The fourth-order valence-electron chi connectivity index (χ4n) is 2.53. The lowest BCUT2D eigenvalue weighted by molar-refractivity contribution is 0.312. The summed E-state index contributed by atoms with van der Waals surface area (Å²) >= 11 is 0. The average Bonchev–Trinajstić information content (AvgIpc) is 2.82. The predicted molar refractivity (Wildman–Crippen MR) is 75.2 cm³/mol. The van der Waals surface area contributed by atoms with Crippen LogP contribution in [0.3, 0.4) is 0 Å². The third-order valence-electron chi connectivity index (χ3n) is 3.82. The molecule has 96 valence electrons. The summed E-state index contributed by atoms with van der Waals surface area (Å²) in [5.41, 5.74) is 2.51. The molecule has 0 atom stereocenters. The van der Waals surface area contributed by atoms with E-state index in [9.17, 15) is 0 Å². The number of benzene rings is 1. The molecule has 0 aliphatic carbocycles. The normalized spacial score (nSPS) is 17.6. The molecule has 1 aromatic heterocycles. The summed E-state index contributed by atoms with van der Waals surface area (Å²) in [6, 6.07) is 6.58. The number of anilines is 1. The first kappa shape index (κ1) is 11.5. The Bertz CT molecular complexity index is 538. The van der Waals surface area contributed by atoms with E-state index < -0.39 is 0 Å². The minimum Gasteiger partial charge on any atom is -0.352 e. The molecule has 0 saturated carbocycles. The Balaban J connectivity index is 1.96. The van der Waals surface area contributed by atoms with Crippen LogP contribution in [0.2, 0.25) is 0 Å². The number of aromatic amines is 1. The lowest BCUT2D eigenvalue weighted by atomic mass is 10.1. The Labute approximate surface area is 108 Å². The van der Waals surface area contributed by atoms with Crippen LogP contribution in [0.15, 0.2) is 18.2 Å². The largest absolute Gasteiger partial charge is 0.352 e. The molecular weight excluding hydrogens is 224 g/mol. The summed E-state index contributed by atoms with van der Waals surface area (Å²) in [6.07, 6.45) is 1.07. The van der Waals surface area contributed by atoms with Gasteiger partial charge in [0.2, 0.25) is 0 Å². The van der Waals surface area contributed by atoms with Gasteiger partial charge >= 0.3 is 0 Å². The number of aryl methyl sites for hydroxylation is 1. The van der Waals surface area contributed by atoms with Crippen LogP contribution in [0, 0.1) is 0 Å². The quantitative estimate of drug-likeness (QED) is 0.876. The number of piperazine rings is 1. The molecule has 2 aromatic rings. The van der Waals surface area contributed by atoms with Gasteiger partial charge in [0, 0.05) is 31.6 Å². The molecule has 3 rings (SSSR count). The van der Waals surface area contributed by atoms with Crippen LogP contribution in [-0.4, -0.2) is 48.3 Å². The molecule has 18 heavy (non-hydrogen) atoms. The van der Waals surface area contributed by atoms with Gasteiger partial charge in [0.1, 0.15) is 0 Å². The Morgan fingerprint density at radius 3 is 2.72 bits per heavy atom. The molecule has 2 heterocycles. The first-order chi connectivity index (χ1) is 8.78. The number of likely N-dealkylation sites (N-methyl/N-ethyl adjacent to an activating group) is 1. The van der Waals surface area contributed by atoms with E-state index in [2.05, 4.69) is 52.2 Å². The SMILES string of the molecule is CCc1ccc2[nH]nc(N3CCN(C)CC3)c2c1. The van der Waals surface area contributed by atoms with Crippen LogP contribution in [0.5, 0.6) is 0 Å². The second kappa shape index (κ2) is 4.61. The minimum atomic E-state index is 1.06. The summed E-state index contributed by atoms with van der Waals surface area (Å²) < 4.78 is 0. The van der Waals surface area contributed by atoms with Gasteiger partial charge in [-0.05, 0) is 31.2 Å². The highest BCUT2D eigenvalue weighted by molar-refractivity contribution is 5.90. The number of nitrogens with one attached hydrogen (secondary N) is 1. The van der Waals surface area contributed by atoms with E-state index in [-0.39, 0.29) is 0 Å². The van der Waals surface area contributed by atoms with Crippen LogP contribution < -0.4 is 4.90 Å². The number of rotatable bonds is 2. The molecule has 1 N–H and O–H groups in total. The molecule has 4 heteroatoms. The van der Waals surface area contributed by atoms with Crippen molar-refractivity contribution in [3.8, 4) is 0 Å². The Hall–Kier alpha value is -1.55. The van der Waals surface area contributed by atoms with Crippen molar-refractivity contribution in [2.24, 2.45) is 0 Å². The van der Waals surface area contributed by atoms with Gasteiger partial charge in [-0.1, -0.05) is 13.0 Å². The van der Waals surface area contributed by atoms with Crippen LogP contribution in [0.25, 0.3) is 10.9 Å². The van der Waals surface area contributed by atoms with E-state index in [0.717, 1.165) is 43.9 Å². The average molecular weight is 244 g/mol. The first-order valence-corrected chi connectivity index (χ1v) is 6.68. The van der Waals surface area contributed by atoms with E-state index >= 15 is 0 Å². The fourth-order valence-corrected chi connectivity index (χ4v) is 2.53. The highest BCUT2D eigenvalue weighted by Gasteiger charge is 2.18. The maximum atomic E-state index is 4.50. The second-order valence-electron chi connectivity index (χ2n) is 5.07. The van der Waals surface area contributed by atoms with Gasteiger partial charge in [0.05, 0.1) is 5.52 Å². The van der Waals surface area contributed by atoms with Gasteiger partial charge in [-0.3, -0.25) is 5.10 Å². The summed E-state index contributed by atoms with van der Waals surface area (Å²) in [5.74, 6) is 1.12. The summed E-state index contributed by atoms with van der Waals surface area (Å²) in [5, 5.41) is 8.91. The Morgan fingerprint density at radius 1 is 1.22 bits per heavy atom. The van der Waals surface area contributed by atoms with Gasteiger partial charge in [-0.2, -0.15) is 5.10 Å². The predicted octanol–water partition coefficient (Wildman–Crippen LogP) is 1.88. The zero-order valence-corrected chi connectivity index (χ0v) is 11.1. The van der Waals surface area contributed by atoms with Crippen LogP contribution in [0.1, 0.15) is 12.5 Å². The first-order valence-electron chi connectivity index (χ1n) is 6.68. The molecule has 0 amide bonds. The van der Waals surface area contributed by atoms with Crippen molar-refractivity contribution in [1.82, 2.24) is 15.1 Å². The van der Waals surface area contributed by atoms with E-state index in [1.165, 1.54) is 10.9 Å². The van der Waals surface area contributed by atoms with Gasteiger partial charge in [-0.25, -0.2) is 0 Å². The van der Waals surface area contributed by atoms with Crippen LogP contribution in [0.4, 0.5) is 5.82 Å². The van der Waals surface area contributed by atoms with Crippen LogP contribution in [-0.2, 0) is 6.42 Å². The van der Waals surface area contributed by atoms with Gasteiger partial charge in [-0.15, -0.1) is 0 Å². The Kier molecular flexibility index (Phi) is 2.96. The Morgan fingerprint density at radius 2 is 2.00 bits per heavy atom. The van der Waals surface area contributed by atoms with E-state index in [4.69, 9.17) is 0 Å². The highest BCUT2D eigenvalue weighted by Crippen LogP contribution is 2.26. The molecular formula is C14H20N4. The molecule has 1 fully saturated rings. The highest BCUT2D eigenvalue weighted by atomic mass is 15.3. The number of fused-ring (bicyclic) bond motifs is 1. The van der Waals surface area contributed by atoms with E-state index in [1.54, 1.807) is 0 Å². The number of nitrogens with zero attached hydrogens (tertiary/aromatic N) is 3. The third kappa shape index (κ3) is 1.97. The van der Waals surface area contributed by atoms with Crippen molar-refractivity contribution in [1.29, 1.82) is 0 Å². The second-order valence-corrected chi connectivity index (χ2v) is 5.07. The van der Waals surface area contributed by atoms with E-state index in [1.807, 2.05) is 0 Å². The number of aromatic nitrogens is 2. The zero-order chi connectivity index (χ0) is 12.5. The van der Waals surface area contributed by atoms with Crippen molar-refractivity contribution in [3.05, 3.63) is 23.8 Å². The monoisotopic (exact) mass is 244 g/mol. The number of H-pyrrole nitrogens is 1. The maximum Gasteiger partial charge on any atom is 0.158 e. The van der Waals surface area contributed by atoms with Crippen molar-refractivity contribution >= 4 is 16.7 Å². The molecule has 1 aliphatic heterocycles. The van der Waals surface area contributed by atoms with Gasteiger partial charge in [0.25, 0.3) is 0 Å². The maximum absolute atomic E-state index is 4.50. The fraction of sp³-hybridized carbons (Fsp3) is 0.500. The molecule has 0 unspecified atom stereocenters. The van der Waals surface area contributed by atoms with Crippen molar-refractivity contribution in [2.75, 3.05) is 38.1 Å². The summed E-state index contributed by atoms with van der Waals surface area (Å²) in [4.78, 5) is 4.75. The molecule has 4 nitrogen and oxygen atoms in total. The third-order valence-corrected chi connectivity index (χ3v) is 3.82. The molecule has 1 aromatic carbocycles. The van der Waals surface area contributed by atoms with Crippen molar-refractivity contribution < 1.29 is 0 Å². The van der Waals surface area contributed by atoms with Crippen molar-refractivity contribution in [2.45, 2.75) is 13.3 Å².